The summed E-state index contributed by atoms with van der Waals surface area (Å²) in [4.78, 5) is 15.2. The number of benzene rings is 1. The fourth-order valence-electron chi connectivity index (χ4n) is 3.52. The Morgan fingerprint density at radius 3 is 2.50 bits per heavy atom. The van der Waals surface area contributed by atoms with Crippen molar-refractivity contribution in [3.8, 4) is 0 Å². The Morgan fingerprint density at radius 2 is 1.90 bits per heavy atom. The van der Waals surface area contributed by atoms with Crippen LogP contribution in [0.1, 0.15) is 44.1 Å². The second-order valence-corrected chi connectivity index (χ2v) is 6.64. The van der Waals surface area contributed by atoms with Crippen LogP contribution in [-0.4, -0.2) is 30.3 Å². The van der Waals surface area contributed by atoms with Crippen LogP contribution in [0.25, 0.3) is 0 Å². The highest BCUT2D eigenvalue weighted by Gasteiger charge is 2.45. The van der Waals surface area contributed by atoms with Gasteiger partial charge in [0.05, 0.1) is 12.0 Å². The molecule has 0 atom stereocenters. The van der Waals surface area contributed by atoms with Gasteiger partial charge in [-0.05, 0) is 56.5 Å². The highest BCUT2D eigenvalue weighted by molar-refractivity contribution is 6.30. The van der Waals surface area contributed by atoms with E-state index in [0.29, 0.717) is 12.3 Å². The van der Waals surface area contributed by atoms with Crippen molar-refractivity contribution in [2.24, 2.45) is 0 Å². The molecule has 3 heteroatoms. The van der Waals surface area contributed by atoms with E-state index in [1.807, 2.05) is 18.2 Å². The Morgan fingerprint density at radius 1 is 1.15 bits per heavy atom. The minimum absolute atomic E-state index is 0.248. The van der Waals surface area contributed by atoms with Gasteiger partial charge in [0.15, 0.2) is 5.78 Å². The van der Waals surface area contributed by atoms with Gasteiger partial charge in [-0.1, -0.05) is 36.6 Å². The maximum Gasteiger partial charge on any atom is 0.157 e. The molecule has 0 unspecified atom stereocenters. The molecule has 1 aliphatic carbocycles. The summed E-state index contributed by atoms with van der Waals surface area (Å²) in [5.41, 5.74) is 0.876. The lowest BCUT2D eigenvalue weighted by Gasteiger charge is -2.42. The molecule has 2 fully saturated rings. The number of piperidine rings is 1. The van der Waals surface area contributed by atoms with Crippen LogP contribution in [0.4, 0.5) is 0 Å². The molecule has 0 bridgehead atoms. The van der Waals surface area contributed by atoms with E-state index in [4.69, 9.17) is 11.6 Å². The molecule has 0 N–H and O–H groups in total. The van der Waals surface area contributed by atoms with E-state index in [0.717, 1.165) is 42.9 Å². The second kappa shape index (κ2) is 5.87. The summed E-state index contributed by atoms with van der Waals surface area (Å²) in [6.07, 6.45) is 6.90. The minimum Gasteiger partial charge on any atom is -0.297 e. The minimum atomic E-state index is -0.248. The zero-order valence-electron chi connectivity index (χ0n) is 11.9. The first-order valence-corrected chi connectivity index (χ1v) is 8.10. The maximum absolute atomic E-state index is 12.8. The number of ketones is 1. The molecule has 0 radical (unpaired) electrons. The van der Waals surface area contributed by atoms with Gasteiger partial charge in [0, 0.05) is 5.02 Å². The Labute approximate surface area is 126 Å². The number of hydrogen-bond acceptors (Lipinski definition) is 2. The summed E-state index contributed by atoms with van der Waals surface area (Å²) in [5, 5.41) is 0.736. The Bertz CT molecular complexity index is 490. The molecule has 20 heavy (non-hydrogen) atoms. The normalized spacial score (nSPS) is 22.2. The van der Waals surface area contributed by atoms with Gasteiger partial charge in [-0.2, -0.15) is 0 Å². The third kappa shape index (κ3) is 2.64. The third-order valence-electron chi connectivity index (χ3n) is 4.93. The molecular formula is C17H22ClNO. The van der Waals surface area contributed by atoms with Crippen LogP contribution in [0.2, 0.25) is 5.02 Å². The monoisotopic (exact) mass is 291 g/mol. The van der Waals surface area contributed by atoms with E-state index in [1.54, 1.807) is 0 Å². The Balaban J connectivity index is 1.76. The number of carbonyl (C=O) groups excluding carboxylic acids is 1. The van der Waals surface area contributed by atoms with Gasteiger partial charge in [0.1, 0.15) is 0 Å². The molecule has 0 aromatic heterocycles. The topological polar surface area (TPSA) is 20.3 Å². The fraction of sp³-hybridized carbons (Fsp3) is 0.588. The maximum atomic E-state index is 12.8. The van der Waals surface area contributed by atoms with Crippen molar-refractivity contribution in [1.82, 2.24) is 4.90 Å². The number of rotatable bonds is 4. The van der Waals surface area contributed by atoms with Crippen molar-refractivity contribution >= 4 is 17.4 Å². The quantitative estimate of drug-likeness (QED) is 0.840. The van der Waals surface area contributed by atoms with Gasteiger partial charge in [-0.3, -0.25) is 9.69 Å². The van der Waals surface area contributed by atoms with Gasteiger partial charge >= 0.3 is 0 Å². The van der Waals surface area contributed by atoms with Crippen LogP contribution < -0.4 is 0 Å². The summed E-state index contributed by atoms with van der Waals surface area (Å²) >= 11 is 6.11. The predicted octanol–water partition coefficient (Wildman–Crippen LogP) is 3.82. The van der Waals surface area contributed by atoms with Crippen molar-refractivity contribution in [2.75, 3.05) is 19.6 Å². The van der Waals surface area contributed by atoms with Crippen molar-refractivity contribution in [1.29, 1.82) is 0 Å². The van der Waals surface area contributed by atoms with Crippen molar-refractivity contribution in [2.45, 2.75) is 43.9 Å². The molecule has 3 rings (SSSR count). The SMILES string of the molecule is O=C(CN1CCCCC1)C1(c2cccc(Cl)c2)CCC1. The highest BCUT2D eigenvalue weighted by atomic mass is 35.5. The van der Waals surface area contributed by atoms with Crippen molar-refractivity contribution < 1.29 is 4.79 Å². The molecule has 1 heterocycles. The first kappa shape index (κ1) is 14.1. The molecular weight excluding hydrogens is 270 g/mol. The summed E-state index contributed by atoms with van der Waals surface area (Å²) in [5.74, 6) is 0.396. The lowest BCUT2D eigenvalue weighted by Crippen LogP contribution is -2.48. The van der Waals surface area contributed by atoms with Crippen LogP contribution in [0.5, 0.6) is 0 Å². The second-order valence-electron chi connectivity index (χ2n) is 6.21. The fourth-order valence-corrected chi connectivity index (χ4v) is 3.71. The molecule has 0 amide bonds. The molecule has 1 saturated carbocycles. The summed E-state index contributed by atoms with van der Waals surface area (Å²) in [6, 6.07) is 7.90. The lowest BCUT2D eigenvalue weighted by atomic mass is 9.62. The van der Waals surface area contributed by atoms with Gasteiger partial charge in [0.2, 0.25) is 0 Å². The molecule has 2 aliphatic rings. The zero-order valence-corrected chi connectivity index (χ0v) is 12.7. The van der Waals surface area contributed by atoms with Gasteiger partial charge in [0.25, 0.3) is 0 Å². The molecule has 1 aromatic rings. The molecule has 1 saturated heterocycles. The van der Waals surface area contributed by atoms with Crippen LogP contribution in [0, 0.1) is 0 Å². The number of carbonyl (C=O) groups is 1. The van der Waals surface area contributed by atoms with E-state index >= 15 is 0 Å². The van der Waals surface area contributed by atoms with Crippen molar-refractivity contribution in [3.63, 3.8) is 0 Å². The Kier molecular flexibility index (Phi) is 4.13. The van der Waals surface area contributed by atoms with E-state index in [-0.39, 0.29) is 5.41 Å². The zero-order chi connectivity index (χ0) is 14.0. The van der Waals surface area contributed by atoms with E-state index in [2.05, 4.69) is 11.0 Å². The van der Waals surface area contributed by atoms with Gasteiger partial charge < -0.3 is 0 Å². The lowest BCUT2D eigenvalue weighted by molar-refractivity contribution is -0.129. The molecule has 1 aliphatic heterocycles. The average molecular weight is 292 g/mol. The van der Waals surface area contributed by atoms with Crippen molar-refractivity contribution in [3.05, 3.63) is 34.9 Å². The van der Waals surface area contributed by atoms with Crippen LogP contribution in [0.15, 0.2) is 24.3 Å². The third-order valence-corrected chi connectivity index (χ3v) is 5.17. The summed E-state index contributed by atoms with van der Waals surface area (Å²) < 4.78 is 0. The first-order chi connectivity index (χ1) is 9.71. The van der Waals surface area contributed by atoms with E-state index < -0.39 is 0 Å². The Hall–Kier alpha value is -0.860. The number of hydrogen-bond donors (Lipinski definition) is 0. The van der Waals surface area contributed by atoms with Crippen LogP contribution in [-0.2, 0) is 10.2 Å². The van der Waals surface area contributed by atoms with Crippen LogP contribution in [0.3, 0.4) is 0 Å². The smallest absolute Gasteiger partial charge is 0.157 e. The molecule has 108 valence electrons. The summed E-state index contributed by atoms with van der Waals surface area (Å²) in [6.45, 7) is 2.78. The van der Waals surface area contributed by atoms with Gasteiger partial charge in [-0.15, -0.1) is 0 Å². The number of nitrogens with zero attached hydrogens (tertiary/aromatic N) is 1. The average Bonchev–Trinajstić information content (AvgIpc) is 2.38. The van der Waals surface area contributed by atoms with E-state index in [1.165, 1.54) is 19.3 Å². The van der Waals surface area contributed by atoms with Crippen LogP contribution >= 0.6 is 11.6 Å². The predicted molar refractivity (Wildman–Crippen MR) is 82.3 cm³/mol. The van der Waals surface area contributed by atoms with E-state index in [9.17, 15) is 4.79 Å². The largest absolute Gasteiger partial charge is 0.297 e. The molecule has 0 spiro atoms. The highest BCUT2D eigenvalue weighted by Crippen LogP contribution is 2.45. The molecule has 1 aromatic carbocycles. The molecule has 2 nitrogen and oxygen atoms in total. The standard InChI is InChI=1S/C17H22ClNO/c18-15-7-4-6-14(12-15)17(8-5-9-17)16(20)13-19-10-2-1-3-11-19/h4,6-7,12H,1-3,5,8-11,13H2. The first-order valence-electron chi connectivity index (χ1n) is 7.72. The number of Topliss-reactive ketones (excluding diaryl/α,β-unsaturated/α-hetero) is 1. The summed E-state index contributed by atoms with van der Waals surface area (Å²) in [7, 11) is 0. The van der Waals surface area contributed by atoms with Gasteiger partial charge in [-0.25, -0.2) is 0 Å². The number of likely N-dealkylation sites (tertiary alicyclic amines) is 1. The number of halogens is 1.